The summed E-state index contributed by atoms with van der Waals surface area (Å²) >= 11 is -3.24. The first-order valence-corrected chi connectivity index (χ1v) is 38.0. The first-order chi connectivity index (χ1) is 39.8. The van der Waals surface area contributed by atoms with Crippen molar-refractivity contribution in [2.75, 3.05) is 0 Å². The summed E-state index contributed by atoms with van der Waals surface area (Å²) in [7, 11) is 0. The van der Waals surface area contributed by atoms with Crippen LogP contribution in [0.1, 0.15) is 439 Å². The number of unbranched alkanes of at least 4 members (excludes halogenated alkanes) is 56. The number of rotatable bonds is 67. The predicted octanol–water partition coefficient (Wildman–Crippen LogP) is 20.4. The van der Waals surface area contributed by atoms with Crippen molar-refractivity contribution in [2.45, 2.75) is 439 Å². The normalized spacial score (nSPS) is 11.0. The monoisotopic (exact) mass is 1170 g/mol. The molecule has 0 aliphatic rings. The van der Waals surface area contributed by atoms with E-state index in [0.717, 1.165) is 70.6 Å². The van der Waals surface area contributed by atoms with Gasteiger partial charge in [-0.3, -0.25) is 14.4 Å². The number of carboxylic acids is 1. The topological polar surface area (TPSA) is 119 Å². The summed E-state index contributed by atoms with van der Waals surface area (Å²) in [6, 6.07) is 0. The third kappa shape index (κ3) is 77.0. The largest absolute Gasteiger partial charge is 1.20 e. The minimum atomic E-state index is -3.24. The number of hydrogen-bond donors (Lipinski definition) is 0. The van der Waals surface area contributed by atoms with Crippen LogP contribution in [0.3, 0.4) is 0 Å². The SMILES string of the molecule is CCCCCCCCCCCCCCCCCC(=O)[O-].CCCCCCCCCCCCCCCCCC(=O)[O][Al]([O]C(=O)CCCCCCCCCCCCCCCCC)[O]C(=O)CCCCCCCCCCCCCCCCC.[Li+]. The summed E-state index contributed by atoms with van der Waals surface area (Å²) in [5, 5.41) is 10.2. The molecule has 0 rings (SSSR count). The van der Waals surface area contributed by atoms with E-state index in [1.165, 1.54) is 315 Å². The third-order valence-corrected chi connectivity index (χ3v) is 18.0. The van der Waals surface area contributed by atoms with Gasteiger partial charge in [0.25, 0.3) is 17.9 Å². The van der Waals surface area contributed by atoms with E-state index in [2.05, 4.69) is 27.7 Å². The van der Waals surface area contributed by atoms with E-state index >= 15 is 0 Å². The maximum absolute atomic E-state index is 12.8. The molecule has 480 valence electrons. The van der Waals surface area contributed by atoms with Crippen molar-refractivity contribution in [1.29, 1.82) is 0 Å². The van der Waals surface area contributed by atoms with Crippen LogP contribution in [0.15, 0.2) is 0 Å². The molecule has 0 saturated carbocycles. The second kappa shape index (κ2) is 76.1. The molecular weight excluding hydrogens is 1030 g/mol. The van der Waals surface area contributed by atoms with Gasteiger partial charge < -0.3 is 21.3 Å². The van der Waals surface area contributed by atoms with Crippen molar-refractivity contribution < 1.29 is 54.5 Å². The summed E-state index contributed by atoms with van der Waals surface area (Å²) in [6.45, 7) is 9.09. The standard InChI is InChI=1S/4C18H36O2.Al.Li/c4*1-2-3-4-5-6-7-8-9-10-11-12-13-14-15-16-17-18(19)20;;/h4*2-17H2,1H3,(H,19,20);;/q;;;;+3;+1/p-4. The van der Waals surface area contributed by atoms with E-state index in [4.69, 9.17) is 11.4 Å². The fraction of sp³-hybridized carbons (Fsp3) is 0.944. The molecular formula is C72H140AlLiO8. The number of carbonyl (C=O) groups excluding carboxylic acids is 4. The molecule has 0 N–H and O–H groups in total. The Morgan fingerprint density at radius 1 is 0.220 bits per heavy atom. The number of aliphatic carboxylic acids is 1. The average molecular weight is 1170 g/mol. The van der Waals surface area contributed by atoms with E-state index in [-0.39, 0.29) is 44.5 Å². The molecule has 82 heavy (non-hydrogen) atoms. The van der Waals surface area contributed by atoms with Gasteiger partial charge >= 0.3 is 34.0 Å². The second-order valence-corrected chi connectivity index (χ2v) is 26.2. The second-order valence-electron chi connectivity index (χ2n) is 24.9. The predicted molar refractivity (Wildman–Crippen MR) is 347 cm³/mol. The number of carboxylic acid groups (broad SMARTS) is 1. The summed E-state index contributed by atoms with van der Waals surface area (Å²) in [5.74, 6) is -2.14. The van der Waals surface area contributed by atoms with Crippen molar-refractivity contribution in [3.8, 4) is 0 Å². The van der Waals surface area contributed by atoms with Crippen LogP contribution in [0.5, 0.6) is 0 Å². The Hall–Kier alpha value is -0.990. The Bertz CT molecular complexity index is 1160. The first-order valence-electron chi connectivity index (χ1n) is 36.6. The summed E-state index contributed by atoms with van der Waals surface area (Å²) in [5.41, 5.74) is 0. The van der Waals surface area contributed by atoms with Gasteiger partial charge in [-0.15, -0.1) is 0 Å². The number of carbonyl (C=O) groups is 4. The molecule has 0 heterocycles. The molecule has 0 bridgehead atoms. The summed E-state index contributed by atoms with van der Waals surface area (Å²) in [4.78, 5) is 48.6. The molecule has 0 aliphatic heterocycles. The average Bonchev–Trinajstić information content (AvgIpc) is 3.45. The minimum Gasteiger partial charge on any atom is -0.551 e. The molecule has 0 aromatic rings. The Morgan fingerprint density at radius 3 is 0.476 bits per heavy atom. The van der Waals surface area contributed by atoms with E-state index in [1.807, 2.05) is 0 Å². The third-order valence-electron chi connectivity index (χ3n) is 16.6. The summed E-state index contributed by atoms with van der Waals surface area (Å²) in [6.07, 6.45) is 77.7. The fourth-order valence-electron chi connectivity index (χ4n) is 11.1. The van der Waals surface area contributed by atoms with Gasteiger partial charge in [0.1, 0.15) is 0 Å². The van der Waals surface area contributed by atoms with E-state index in [0.29, 0.717) is 0 Å². The van der Waals surface area contributed by atoms with Crippen LogP contribution in [-0.2, 0) is 30.5 Å². The van der Waals surface area contributed by atoms with E-state index < -0.39 is 39.0 Å². The van der Waals surface area contributed by atoms with E-state index in [1.54, 1.807) is 0 Å². The van der Waals surface area contributed by atoms with Crippen LogP contribution < -0.4 is 24.0 Å². The van der Waals surface area contributed by atoms with Crippen LogP contribution in [0.25, 0.3) is 0 Å². The molecule has 0 spiro atoms. The van der Waals surface area contributed by atoms with E-state index in [9.17, 15) is 24.3 Å². The zero-order valence-electron chi connectivity index (χ0n) is 56.1. The first kappa shape index (κ1) is 85.2. The summed E-state index contributed by atoms with van der Waals surface area (Å²) < 4.78 is 16.7. The van der Waals surface area contributed by atoms with Crippen LogP contribution >= 0.6 is 0 Å². The van der Waals surface area contributed by atoms with Gasteiger partial charge in [-0.25, -0.2) is 0 Å². The minimum absolute atomic E-state index is 0. The Balaban J connectivity index is -0.00000250. The maximum atomic E-state index is 12.8. The molecule has 10 heteroatoms. The van der Waals surface area contributed by atoms with Crippen molar-refractivity contribution >= 4 is 39.0 Å². The molecule has 0 aliphatic carbocycles. The van der Waals surface area contributed by atoms with Crippen molar-refractivity contribution in [2.24, 2.45) is 0 Å². The molecule has 0 atom stereocenters. The van der Waals surface area contributed by atoms with Gasteiger partial charge in [0.05, 0.1) is 0 Å². The van der Waals surface area contributed by atoms with Gasteiger partial charge in [0, 0.05) is 25.2 Å². The van der Waals surface area contributed by atoms with Gasteiger partial charge in [0.15, 0.2) is 0 Å². The smallest absolute Gasteiger partial charge is 0.551 e. The molecule has 0 aromatic carbocycles. The van der Waals surface area contributed by atoms with Gasteiger partial charge in [-0.05, 0) is 32.1 Å². The molecule has 0 radical (unpaired) electrons. The van der Waals surface area contributed by atoms with Crippen LogP contribution in [0.4, 0.5) is 0 Å². The van der Waals surface area contributed by atoms with Gasteiger partial charge in [-0.2, -0.15) is 0 Å². The Kier molecular flexibility index (Phi) is 79.1. The van der Waals surface area contributed by atoms with Crippen molar-refractivity contribution in [1.82, 2.24) is 0 Å². The van der Waals surface area contributed by atoms with Crippen LogP contribution in [0, 0.1) is 0 Å². The molecule has 0 saturated heterocycles. The maximum Gasteiger partial charge on any atom is 1.20 e. The molecule has 8 nitrogen and oxygen atoms in total. The van der Waals surface area contributed by atoms with Gasteiger partial charge in [-0.1, -0.05) is 387 Å². The zero-order chi connectivity index (χ0) is 59.3. The van der Waals surface area contributed by atoms with Crippen molar-refractivity contribution in [3.63, 3.8) is 0 Å². The number of hydrogen-bond acceptors (Lipinski definition) is 8. The molecule has 0 fully saturated rings. The quantitative estimate of drug-likeness (QED) is 0.0436. The van der Waals surface area contributed by atoms with Gasteiger partial charge in [0.2, 0.25) is 0 Å². The fourth-order valence-corrected chi connectivity index (χ4v) is 12.3. The molecule has 0 aromatic heterocycles. The molecule has 0 amide bonds. The Morgan fingerprint density at radius 2 is 0.341 bits per heavy atom. The molecule has 0 unspecified atom stereocenters. The zero-order valence-corrected chi connectivity index (χ0v) is 57.3. The Labute approximate surface area is 528 Å². The van der Waals surface area contributed by atoms with Crippen LogP contribution in [0.2, 0.25) is 0 Å². The van der Waals surface area contributed by atoms with Crippen LogP contribution in [-0.4, -0.2) is 39.0 Å². The van der Waals surface area contributed by atoms with Crippen molar-refractivity contribution in [3.05, 3.63) is 0 Å².